The summed E-state index contributed by atoms with van der Waals surface area (Å²) in [7, 11) is 2.08. The molecule has 3 heteroatoms. The molecule has 2 heterocycles. The van der Waals surface area contributed by atoms with E-state index in [4.69, 9.17) is 4.74 Å². The third-order valence-electron chi connectivity index (χ3n) is 5.74. The molecule has 0 radical (unpaired) electrons. The summed E-state index contributed by atoms with van der Waals surface area (Å²) in [6.45, 7) is 15.0. The first-order valence-corrected chi connectivity index (χ1v) is 8.90. The van der Waals surface area contributed by atoms with E-state index in [2.05, 4.69) is 51.9 Å². The lowest BCUT2D eigenvalue weighted by Crippen LogP contribution is -2.50. The molecule has 2 aliphatic heterocycles. The number of nitrogens with zero attached hydrogens (tertiary/aromatic N) is 1. The molecule has 2 rings (SSSR count). The lowest BCUT2D eigenvalue weighted by atomic mass is 9.81. The molecule has 2 aliphatic rings. The first kappa shape index (κ1) is 17.2. The highest BCUT2D eigenvalue weighted by Gasteiger charge is 2.53. The first-order valence-electron chi connectivity index (χ1n) is 8.90. The van der Waals surface area contributed by atoms with Gasteiger partial charge in [0.15, 0.2) is 0 Å². The number of rotatable bonds is 5. The molecule has 2 fully saturated rings. The predicted molar refractivity (Wildman–Crippen MR) is 89.7 cm³/mol. The average molecular weight is 296 g/mol. The highest BCUT2D eigenvalue weighted by atomic mass is 16.5. The van der Waals surface area contributed by atoms with Gasteiger partial charge in [-0.1, -0.05) is 19.8 Å². The smallest absolute Gasteiger partial charge is 0.0790 e. The number of hydrogen-bond donors (Lipinski definition) is 1. The van der Waals surface area contributed by atoms with Crippen molar-refractivity contribution >= 4 is 0 Å². The zero-order valence-electron chi connectivity index (χ0n) is 15.0. The fourth-order valence-electron chi connectivity index (χ4n) is 4.72. The summed E-state index contributed by atoms with van der Waals surface area (Å²) in [4.78, 5) is 2.67. The number of hydrogen-bond acceptors (Lipinski definition) is 3. The second-order valence-corrected chi connectivity index (χ2v) is 8.21. The monoisotopic (exact) mass is 296 g/mol. The van der Waals surface area contributed by atoms with Gasteiger partial charge in [-0.2, -0.15) is 0 Å². The SMILES string of the molecule is CCCC1CCN(CC2C(NC)C(C)(C)OC2(C)C)CC1. The van der Waals surface area contributed by atoms with Crippen molar-refractivity contribution in [1.82, 2.24) is 10.2 Å². The molecule has 124 valence electrons. The van der Waals surface area contributed by atoms with Crippen LogP contribution in [-0.4, -0.2) is 48.8 Å². The molecule has 21 heavy (non-hydrogen) atoms. The Labute approximate surface area is 131 Å². The van der Waals surface area contributed by atoms with Crippen LogP contribution >= 0.6 is 0 Å². The second-order valence-electron chi connectivity index (χ2n) is 8.21. The topological polar surface area (TPSA) is 24.5 Å². The Morgan fingerprint density at radius 1 is 1.10 bits per heavy atom. The van der Waals surface area contributed by atoms with Gasteiger partial charge in [0.1, 0.15) is 0 Å². The molecule has 0 aliphatic carbocycles. The van der Waals surface area contributed by atoms with Crippen molar-refractivity contribution in [2.45, 2.75) is 77.5 Å². The lowest BCUT2D eigenvalue weighted by molar-refractivity contribution is -0.0798. The summed E-state index contributed by atoms with van der Waals surface area (Å²) >= 11 is 0. The van der Waals surface area contributed by atoms with Crippen molar-refractivity contribution in [2.75, 3.05) is 26.7 Å². The molecule has 1 N–H and O–H groups in total. The van der Waals surface area contributed by atoms with Crippen molar-refractivity contribution in [3.05, 3.63) is 0 Å². The minimum atomic E-state index is -0.0799. The highest BCUT2D eigenvalue weighted by molar-refractivity contribution is 5.05. The summed E-state index contributed by atoms with van der Waals surface area (Å²) in [5.41, 5.74) is -0.124. The van der Waals surface area contributed by atoms with E-state index >= 15 is 0 Å². The van der Waals surface area contributed by atoms with Crippen LogP contribution in [0.1, 0.15) is 60.3 Å². The van der Waals surface area contributed by atoms with E-state index < -0.39 is 0 Å². The molecule has 0 aromatic rings. The summed E-state index contributed by atoms with van der Waals surface area (Å²) in [6.07, 6.45) is 5.52. The Hall–Kier alpha value is -0.120. The van der Waals surface area contributed by atoms with Gasteiger partial charge in [0, 0.05) is 18.5 Å². The maximum absolute atomic E-state index is 6.36. The summed E-state index contributed by atoms with van der Waals surface area (Å²) in [5, 5.41) is 3.53. The number of nitrogens with one attached hydrogen (secondary N) is 1. The maximum atomic E-state index is 6.36. The number of likely N-dealkylation sites (tertiary alicyclic amines) is 1. The minimum Gasteiger partial charge on any atom is -0.368 e. The Morgan fingerprint density at radius 3 is 2.24 bits per heavy atom. The van der Waals surface area contributed by atoms with E-state index in [1.54, 1.807) is 0 Å². The average Bonchev–Trinajstić information content (AvgIpc) is 2.56. The maximum Gasteiger partial charge on any atom is 0.0790 e. The van der Waals surface area contributed by atoms with E-state index in [1.807, 2.05) is 0 Å². The molecule has 0 saturated carbocycles. The largest absolute Gasteiger partial charge is 0.368 e. The van der Waals surface area contributed by atoms with E-state index in [-0.39, 0.29) is 11.2 Å². The van der Waals surface area contributed by atoms with Gasteiger partial charge >= 0.3 is 0 Å². The van der Waals surface area contributed by atoms with Crippen LogP contribution in [0, 0.1) is 11.8 Å². The van der Waals surface area contributed by atoms with Crippen LogP contribution in [0.25, 0.3) is 0 Å². The number of likely N-dealkylation sites (N-methyl/N-ethyl adjacent to an activating group) is 1. The van der Waals surface area contributed by atoms with Crippen LogP contribution in [0.3, 0.4) is 0 Å². The molecule has 2 unspecified atom stereocenters. The van der Waals surface area contributed by atoms with Gasteiger partial charge in [0.2, 0.25) is 0 Å². The van der Waals surface area contributed by atoms with E-state index in [0.29, 0.717) is 12.0 Å². The van der Waals surface area contributed by atoms with Gasteiger partial charge in [-0.15, -0.1) is 0 Å². The van der Waals surface area contributed by atoms with Crippen LogP contribution in [0.2, 0.25) is 0 Å². The lowest BCUT2D eigenvalue weighted by Gasteiger charge is -2.38. The van der Waals surface area contributed by atoms with Gasteiger partial charge in [-0.05, 0) is 66.6 Å². The number of ether oxygens (including phenoxy) is 1. The summed E-state index contributed by atoms with van der Waals surface area (Å²) in [6, 6.07) is 0.431. The van der Waals surface area contributed by atoms with Crippen LogP contribution in [0.5, 0.6) is 0 Å². The van der Waals surface area contributed by atoms with Crippen LogP contribution in [0.15, 0.2) is 0 Å². The van der Waals surface area contributed by atoms with E-state index in [0.717, 1.165) is 5.92 Å². The molecular weight excluding hydrogens is 260 g/mol. The first-order chi connectivity index (χ1) is 9.80. The van der Waals surface area contributed by atoms with Gasteiger partial charge in [0.25, 0.3) is 0 Å². The highest BCUT2D eigenvalue weighted by Crippen LogP contribution is 2.42. The molecule has 3 nitrogen and oxygen atoms in total. The molecule has 0 bridgehead atoms. The second kappa shape index (κ2) is 6.55. The number of piperidine rings is 1. The third kappa shape index (κ3) is 3.80. The van der Waals surface area contributed by atoms with Crippen LogP contribution in [0.4, 0.5) is 0 Å². The molecule has 0 spiro atoms. The molecule has 2 atom stereocenters. The quantitative estimate of drug-likeness (QED) is 0.842. The van der Waals surface area contributed by atoms with Gasteiger partial charge in [0.05, 0.1) is 11.2 Å². The Balaban J connectivity index is 1.95. The van der Waals surface area contributed by atoms with Crippen molar-refractivity contribution in [1.29, 1.82) is 0 Å². The molecule has 0 aromatic carbocycles. The van der Waals surface area contributed by atoms with Gasteiger partial charge < -0.3 is 15.0 Å². The zero-order valence-corrected chi connectivity index (χ0v) is 15.0. The van der Waals surface area contributed by atoms with Crippen molar-refractivity contribution in [3.63, 3.8) is 0 Å². The normalized spacial score (nSPS) is 33.4. The van der Waals surface area contributed by atoms with Gasteiger partial charge in [-0.25, -0.2) is 0 Å². The molecule has 0 aromatic heterocycles. The van der Waals surface area contributed by atoms with Crippen molar-refractivity contribution < 1.29 is 4.74 Å². The Bertz CT molecular complexity index is 332. The van der Waals surface area contributed by atoms with Crippen molar-refractivity contribution in [2.24, 2.45) is 11.8 Å². The minimum absolute atomic E-state index is 0.0442. The third-order valence-corrected chi connectivity index (χ3v) is 5.74. The van der Waals surface area contributed by atoms with E-state index in [1.165, 1.54) is 45.3 Å². The standard InChI is InChI=1S/C18H36N2O/c1-7-8-14-9-11-20(12-10-14)13-15-16(19-6)18(4,5)21-17(15,2)3/h14-16,19H,7-13H2,1-6H3. The fraction of sp³-hybridized carbons (Fsp3) is 1.00. The molecule has 2 saturated heterocycles. The zero-order chi connectivity index (χ0) is 15.7. The van der Waals surface area contributed by atoms with Crippen molar-refractivity contribution in [3.8, 4) is 0 Å². The van der Waals surface area contributed by atoms with Gasteiger partial charge in [-0.3, -0.25) is 0 Å². The predicted octanol–water partition coefficient (Wildman–Crippen LogP) is 3.29. The van der Waals surface area contributed by atoms with Crippen LogP contribution < -0.4 is 5.32 Å². The fourth-order valence-corrected chi connectivity index (χ4v) is 4.72. The van der Waals surface area contributed by atoms with Crippen LogP contribution in [-0.2, 0) is 4.74 Å². The molecular formula is C18H36N2O. The Kier molecular flexibility index (Phi) is 5.38. The summed E-state index contributed by atoms with van der Waals surface area (Å²) in [5.74, 6) is 1.52. The summed E-state index contributed by atoms with van der Waals surface area (Å²) < 4.78 is 6.36. The Morgan fingerprint density at radius 2 is 1.71 bits per heavy atom. The van der Waals surface area contributed by atoms with E-state index in [9.17, 15) is 0 Å². The molecule has 0 amide bonds.